The maximum atomic E-state index is 11.8. The van der Waals surface area contributed by atoms with E-state index in [0.29, 0.717) is 19.3 Å². The van der Waals surface area contributed by atoms with Crippen LogP contribution < -0.4 is 0 Å². The minimum absolute atomic E-state index is 0.296. The summed E-state index contributed by atoms with van der Waals surface area (Å²) >= 11 is 0. The fourth-order valence-corrected chi connectivity index (χ4v) is 1.67. The molecule has 0 aliphatic carbocycles. The van der Waals surface area contributed by atoms with Crippen molar-refractivity contribution in [2.75, 3.05) is 13.7 Å². The number of aldehydes is 1. The Hall–Kier alpha value is -1.39. The highest BCUT2D eigenvalue weighted by Crippen LogP contribution is 2.30. The van der Waals surface area contributed by atoms with Crippen molar-refractivity contribution in [2.24, 2.45) is 5.41 Å². The van der Waals surface area contributed by atoms with E-state index in [0.717, 1.165) is 0 Å². The molecule has 2 atom stereocenters. The number of hydrogen-bond acceptors (Lipinski definition) is 4. The molecule has 0 radical (unpaired) electrons. The minimum Gasteiger partial charge on any atom is -0.467 e. The molecule has 15 heavy (non-hydrogen) atoms. The topological polar surface area (TPSA) is 63.7 Å². The van der Waals surface area contributed by atoms with Crippen LogP contribution in [0.1, 0.15) is 20.3 Å². The molecule has 1 unspecified atom stereocenters. The summed E-state index contributed by atoms with van der Waals surface area (Å²) in [6.45, 7) is 3.61. The van der Waals surface area contributed by atoms with Crippen molar-refractivity contribution in [3.63, 3.8) is 0 Å². The molecule has 5 heteroatoms. The van der Waals surface area contributed by atoms with Crippen molar-refractivity contribution in [2.45, 2.75) is 26.3 Å². The molecule has 84 valence electrons. The van der Waals surface area contributed by atoms with Crippen LogP contribution in [0.3, 0.4) is 0 Å². The van der Waals surface area contributed by atoms with E-state index in [2.05, 4.69) is 4.74 Å². The number of ether oxygens (including phenoxy) is 1. The quantitative estimate of drug-likeness (QED) is 0.375. The molecule has 5 nitrogen and oxygen atoms in total. The van der Waals surface area contributed by atoms with Gasteiger partial charge in [0.05, 0.1) is 7.11 Å². The molecular weight excluding hydrogens is 198 g/mol. The highest BCUT2D eigenvalue weighted by atomic mass is 16.5. The van der Waals surface area contributed by atoms with E-state index in [1.807, 2.05) is 0 Å². The van der Waals surface area contributed by atoms with E-state index in [9.17, 15) is 14.4 Å². The number of methoxy groups -OCH3 is 1. The summed E-state index contributed by atoms with van der Waals surface area (Å²) in [7, 11) is 1.28. The van der Waals surface area contributed by atoms with E-state index in [-0.39, 0.29) is 5.91 Å². The molecule has 1 saturated heterocycles. The van der Waals surface area contributed by atoms with Gasteiger partial charge in [-0.25, -0.2) is 4.79 Å². The van der Waals surface area contributed by atoms with Crippen molar-refractivity contribution in [3.8, 4) is 0 Å². The third kappa shape index (κ3) is 1.86. The Morgan fingerprint density at radius 1 is 1.67 bits per heavy atom. The largest absolute Gasteiger partial charge is 0.467 e. The fourth-order valence-electron chi connectivity index (χ4n) is 1.67. The Balaban J connectivity index is 2.80. The number of esters is 1. The molecular formula is C10H15NO4. The summed E-state index contributed by atoms with van der Waals surface area (Å²) in [6, 6.07) is -0.621. The second-order valence-electron chi connectivity index (χ2n) is 3.98. The van der Waals surface area contributed by atoms with Gasteiger partial charge in [-0.1, -0.05) is 0 Å². The Kier molecular flexibility index (Phi) is 3.12. The normalized spacial score (nSPS) is 27.7. The highest BCUT2D eigenvalue weighted by molar-refractivity contribution is 5.99. The lowest BCUT2D eigenvalue weighted by Crippen LogP contribution is -2.43. The van der Waals surface area contributed by atoms with Crippen LogP contribution in [-0.2, 0) is 19.1 Å². The van der Waals surface area contributed by atoms with E-state index < -0.39 is 17.4 Å². The predicted octanol–water partition coefficient (Wildman–Crippen LogP) is -0.0146. The second kappa shape index (κ2) is 4.00. The van der Waals surface area contributed by atoms with Gasteiger partial charge in [-0.2, -0.15) is 0 Å². The molecule has 1 amide bonds. The van der Waals surface area contributed by atoms with Crippen LogP contribution in [0.2, 0.25) is 0 Å². The predicted molar refractivity (Wildman–Crippen MR) is 52.0 cm³/mol. The number of hydrogen-bond donors (Lipinski definition) is 0. The van der Waals surface area contributed by atoms with Crippen LogP contribution in [0.4, 0.5) is 0 Å². The fraction of sp³-hybridized carbons (Fsp3) is 0.700. The summed E-state index contributed by atoms with van der Waals surface area (Å²) in [5, 5.41) is 0. The molecule has 0 saturated carbocycles. The lowest BCUT2D eigenvalue weighted by molar-refractivity contribution is -0.152. The number of rotatable bonds is 3. The van der Waals surface area contributed by atoms with Crippen LogP contribution in [0.5, 0.6) is 0 Å². The summed E-state index contributed by atoms with van der Waals surface area (Å²) < 4.78 is 4.55. The first-order valence-corrected chi connectivity index (χ1v) is 4.81. The molecule has 1 fully saturated rings. The summed E-state index contributed by atoms with van der Waals surface area (Å²) in [5.74, 6) is -0.756. The monoisotopic (exact) mass is 213 g/mol. The molecule has 0 aromatic carbocycles. The first-order valence-electron chi connectivity index (χ1n) is 4.81. The maximum absolute atomic E-state index is 11.8. The van der Waals surface area contributed by atoms with Gasteiger partial charge in [-0.15, -0.1) is 0 Å². The number of likely N-dealkylation sites (tertiary alicyclic amines) is 1. The van der Waals surface area contributed by atoms with Crippen molar-refractivity contribution in [3.05, 3.63) is 0 Å². The van der Waals surface area contributed by atoms with Gasteiger partial charge in [0.2, 0.25) is 5.91 Å². The van der Waals surface area contributed by atoms with Gasteiger partial charge in [-0.05, 0) is 20.3 Å². The van der Waals surface area contributed by atoms with Crippen LogP contribution in [0.15, 0.2) is 0 Å². The van der Waals surface area contributed by atoms with Crippen molar-refractivity contribution < 1.29 is 19.1 Å². The molecule has 0 aromatic rings. The van der Waals surface area contributed by atoms with Gasteiger partial charge < -0.3 is 14.4 Å². The van der Waals surface area contributed by atoms with E-state index in [1.165, 1.54) is 12.0 Å². The zero-order valence-corrected chi connectivity index (χ0v) is 9.15. The average molecular weight is 213 g/mol. The van der Waals surface area contributed by atoms with E-state index in [4.69, 9.17) is 0 Å². The SMILES string of the molecule is COC(=O)[C@@H](C)N1CCC(C)(C=O)C1=O. The average Bonchev–Trinajstić information content (AvgIpc) is 2.55. The van der Waals surface area contributed by atoms with Gasteiger partial charge in [0, 0.05) is 6.54 Å². The molecule has 1 heterocycles. The third-order valence-electron chi connectivity index (χ3n) is 2.89. The van der Waals surface area contributed by atoms with E-state index >= 15 is 0 Å². The zero-order chi connectivity index (χ0) is 11.6. The molecule has 0 aromatic heterocycles. The lowest BCUT2D eigenvalue weighted by atomic mass is 9.91. The smallest absolute Gasteiger partial charge is 0.328 e. The van der Waals surface area contributed by atoms with Crippen LogP contribution in [0.25, 0.3) is 0 Å². The Labute approximate surface area is 88.4 Å². The molecule has 1 aliphatic heterocycles. The molecule has 1 rings (SSSR count). The zero-order valence-electron chi connectivity index (χ0n) is 9.15. The van der Waals surface area contributed by atoms with Gasteiger partial charge in [0.1, 0.15) is 17.7 Å². The minimum atomic E-state index is -0.970. The summed E-state index contributed by atoms with van der Waals surface area (Å²) in [4.78, 5) is 35.2. The Morgan fingerprint density at radius 3 is 2.67 bits per heavy atom. The van der Waals surface area contributed by atoms with E-state index in [1.54, 1.807) is 13.8 Å². The third-order valence-corrected chi connectivity index (χ3v) is 2.89. The summed E-state index contributed by atoms with van der Waals surface area (Å²) in [5.41, 5.74) is -0.970. The number of carbonyl (C=O) groups excluding carboxylic acids is 3. The van der Waals surface area contributed by atoms with Gasteiger partial charge in [-0.3, -0.25) is 4.79 Å². The van der Waals surface area contributed by atoms with Crippen molar-refractivity contribution in [1.82, 2.24) is 4.90 Å². The Morgan fingerprint density at radius 2 is 2.27 bits per heavy atom. The first-order chi connectivity index (χ1) is 6.96. The Bertz CT molecular complexity index is 302. The number of amides is 1. The van der Waals surface area contributed by atoms with Crippen LogP contribution >= 0.6 is 0 Å². The lowest BCUT2D eigenvalue weighted by Gasteiger charge is -2.23. The van der Waals surface area contributed by atoms with Crippen molar-refractivity contribution >= 4 is 18.2 Å². The first kappa shape index (κ1) is 11.7. The molecule has 0 spiro atoms. The van der Waals surface area contributed by atoms with Crippen molar-refractivity contribution in [1.29, 1.82) is 0 Å². The molecule has 0 bridgehead atoms. The molecule has 0 N–H and O–H groups in total. The van der Waals surface area contributed by atoms with Crippen LogP contribution in [0, 0.1) is 5.41 Å². The van der Waals surface area contributed by atoms with Gasteiger partial charge >= 0.3 is 5.97 Å². The van der Waals surface area contributed by atoms with Gasteiger partial charge in [0.15, 0.2) is 0 Å². The maximum Gasteiger partial charge on any atom is 0.328 e. The second-order valence-corrected chi connectivity index (χ2v) is 3.98. The number of nitrogens with zero attached hydrogens (tertiary/aromatic N) is 1. The standard InChI is InChI=1S/C10H15NO4/c1-7(8(13)15-3)11-5-4-10(2,6-12)9(11)14/h6-7H,4-5H2,1-3H3/t7-,10?/m1/s1. The highest BCUT2D eigenvalue weighted by Gasteiger charge is 2.45. The summed E-state index contributed by atoms with van der Waals surface area (Å²) in [6.07, 6.45) is 1.11. The molecule has 1 aliphatic rings. The number of carbonyl (C=O) groups is 3. The van der Waals surface area contributed by atoms with Crippen LogP contribution in [-0.4, -0.2) is 42.8 Å². The van der Waals surface area contributed by atoms with Gasteiger partial charge in [0.25, 0.3) is 0 Å².